The van der Waals surface area contributed by atoms with Crippen LogP contribution in [-0.2, 0) is 12.1 Å². The van der Waals surface area contributed by atoms with Crippen molar-refractivity contribution in [2.75, 3.05) is 13.2 Å². The molecule has 0 spiro atoms. The molecule has 1 aromatic carbocycles. The van der Waals surface area contributed by atoms with Crippen LogP contribution < -0.4 is 15.4 Å². The number of amides is 1. The molecule has 7 nitrogen and oxygen atoms in total. The van der Waals surface area contributed by atoms with Crippen molar-refractivity contribution in [3.8, 4) is 5.75 Å². The van der Waals surface area contributed by atoms with E-state index in [2.05, 4.69) is 20.8 Å². The van der Waals surface area contributed by atoms with Crippen LogP contribution in [0.1, 0.15) is 35.6 Å². The van der Waals surface area contributed by atoms with Gasteiger partial charge < -0.3 is 19.9 Å². The minimum Gasteiger partial charge on any atom is -0.489 e. The Balaban J connectivity index is 1.67. The molecule has 2 N–H and O–H groups in total. The van der Waals surface area contributed by atoms with Crippen LogP contribution in [0.3, 0.4) is 0 Å². The fourth-order valence-electron chi connectivity index (χ4n) is 3.18. The Bertz CT molecular complexity index is 1020. The van der Waals surface area contributed by atoms with Crippen LogP contribution in [0.4, 0.5) is 4.39 Å². The summed E-state index contributed by atoms with van der Waals surface area (Å²) in [5, 5.41) is 10.6. The largest absolute Gasteiger partial charge is 0.489 e. The highest BCUT2D eigenvalue weighted by Gasteiger charge is 2.31. The lowest BCUT2D eigenvalue weighted by atomic mass is 9.96. The molecule has 8 heteroatoms. The summed E-state index contributed by atoms with van der Waals surface area (Å²) >= 11 is 0. The Morgan fingerprint density at radius 3 is 3.04 bits per heavy atom. The molecule has 0 unspecified atom stereocenters. The number of hydrogen-bond donors (Lipinski definition) is 2. The lowest BCUT2D eigenvalue weighted by molar-refractivity contribution is 0.0905. The minimum absolute atomic E-state index is 0.0713. The van der Waals surface area contributed by atoms with Crippen LogP contribution in [0.2, 0.25) is 0 Å². The van der Waals surface area contributed by atoms with Crippen molar-refractivity contribution >= 4 is 16.9 Å². The van der Waals surface area contributed by atoms with Crippen molar-refractivity contribution in [2.24, 2.45) is 0 Å². The minimum atomic E-state index is -0.894. The molecule has 1 aliphatic rings. The highest BCUT2D eigenvalue weighted by molar-refractivity contribution is 5.98. The maximum Gasteiger partial charge on any atom is 0.255 e. The summed E-state index contributed by atoms with van der Waals surface area (Å²) in [6.45, 7) is 5.24. The van der Waals surface area contributed by atoms with E-state index in [9.17, 15) is 9.18 Å². The third kappa shape index (κ3) is 3.12. The van der Waals surface area contributed by atoms with E-state index in [-0.39, 0.29) is 11.5 Å². The van der Waals surface area contributed by atoms with E-state index in [0.29, 0.717) is 47.8 Å². The summed E-state index contributed by atoms with van der Waals surface area (Å²) < 4.78 is 24.8. The van der Waals surface area contributed by atoms with Gasteiger partial charge in [-0.05, 0) is 32.0 Å². The first-order chi connectivity index (χ1) is 13.0. The Morgan fingerprint density at radius 2 is 2.19 bits per heavy atom. The van der Waals surface area contributed by atoms with E-state index in [0.717, 1.165) is 0 Å². The van der Waals surface area contributed by atoms with E-state index < -0.39 is 11.4 Å². The maximum absolute atomic E-state index is 13.9. The maximum atomic E-state index is 13.9. The lowest BCUT2D eigenvalue weighted by Gasteiger charge is -2.25. The number of fused-ring (bicyclic) bond motifs is 2. The lowest BCUT2D eigenvalue weighted by Crippen LogP contribution is -2.41. The van der Waals surface area contributed by atoms with Crippen LogP contribution in [-0.4, -0.2) is 29.2 Å². The SMILES string of the molecule is CC(C)(NC(=O)c1ccnc2c1OCCNC2)c1noc2c(F)cccc12. The number of carbonyl (C=O) groups excluding carboxylic acids is 1. The number of nitrogens with zero attached hydrogens (tertiary/aromatic N) is 2. The quantitative estimate of drug-likeness (QED) is 0.736. The summed E-state index contributed by atoms with van der Waals surface area (Å²) in [5.41, 5.74) is 0.715. The molecule has 1 aliphatic heterocycles. The van der Waals surface area contributed by atoms with Gasteiger partial charge in [0.1, 0.15) is 12.3 Å². The molecular weight excluding hydrogens is 351 g/mol. The van der Waals surface area contributed by atoms with Crippen LogP contribution in [0.5, 0.6) is 5.75 Å². The third-order valence-electron chi connectivity index (χ3n) is 4.51. The Hall–Kier alpha value is -3.00. The predicted molar refractivity (Wildman–Crippen MR) is 95.9 cm³/mol. The predicted octanol–water partition coefficient (Wildman–Crippen LogP) is 2.51. The fraction of sp³-hybridized carbons (Fsp3) is 0.316. The van der Waals surface area contributed by atoms with Gasteiger partial charge in [-0.15, -0.1) is 0 Å². The molecule has 0 radical (unpaired) electrons. The number of aromatic nitrogens is 2. The summed E-state index contributed by atoms with van der Waals surface area (Å²) in [7, 11) is 0. The first kappa shape index (κ1) is 17.4. The average molecular weight is 370 g/mol. The van der Waals surface area contributed by atoms with Gasteiger partial charge in [0, 0.05) is 19.3 Å². The molecule has 4 rings (SSSR count). The molecule has 140 valence electrons. The first-order valence-electron chi connectivity index (χ1n) is 8.65. The number of nitrogens with one attached hydrogen (secondary N) is 2. The molecule has 0 bridgehead atoms. The number of ether oxygens (including phenoxy) is 1. The summed E-state index contributed by atoms with van der Waals surface area (Å²) in [6.07, 6.45) is 1.58. The van der Waals surface area contributed by atoms with Gasteiger partial charge in [-0.2, -0.15) is 0 Å². The van der Waals surface area contributed by atoms with Gasteiger partial charge in [0.2, 0.25) is 5.58 Å². The molecule has 3 heterocycles. The van der Waals surface area contributed by atoms with Crippen molar-refractivity contribution in [1.82, 2.24) is 20.8 Å². The number of para-hydroxylation sites is 1. The standard InChI is InChI=1S/C19H19FN4O3/c1-19(2,17-11-4-3-5-13(20)15(11)27-24-17)23-18(25)12-6-7-22-14-10-21-8-9-26-16(12)14/h3-7,21H,8-10H2,1-2H3,(H,23,25). The van der Waals surface area contributed by atoms with Crippen LogP contribution in [0.15, 0.2) is 35.0 Å². The van der Waals surface area contributed by atoms with E-state index in [1.807, 2.05) is 0 Å². The number of pyridine rings is 1. The summed E-state index contributed by atoms with van der Waals surface area (Å²) in [4.78, 5) is 17.3. The number of rotatable bonds is 3. The zero-order valence-corrected chi connectivity index (χ0v) is 15.0. The number of carbonyl (C=O) groups is 1. The Labute approximate surface area is 154 Å². The van der Waals surface area contributed by atoms with Crippen molar-refractivity contribution in [3.05, 3.63) is 53.2 Å². The van der Waals surface area contributed by atoms with Crippen molar-refractivity contribution in [2.45, 2.75) is 25.9 Å². The molecule has 2 aromatic heterocycles. The van der Waals surface area contributed by atoms with Gasteiger partial charge in [0.05, 0.1) is 22.2 Å². The first-order valence-corrected chi connectivity index (χ1v) is 8.65. The molecule has 0 saturated carbocycles. The van der Waals surface area contributed by atoms with Gasteiger partial charge in [0.15, 0.2) is 11.6 Å². The molecule has 27 heavy (non-hydrogen) atoms. The third-order valence-corrected chi connectivity index (χ3v) is 4.51. The average Bonchev–Trinajstić information content (AvgIpc) is 2.94. The number of halogens is 1. The van der Waals surface area contributed by atoms with Gasteiger partial charge in [-0.25, -0.2) is 4.39 Å². The van der Waals surface area contributed by atoms with Gasteiger partial charge in [-0.3, -0.25) is 9.78 Å². The number of hydrogen-bond acceptors (Lipinski definition) is 6. The van der Waals surface area contributed by atoms with E-state index in [1.54, 1.807) is 38.2 Å². The molecule has 0 atom stereocenters. The Morgan fingerprint density at radius 1 is 1.33 bits per heavy atom. The van der Waals surface area contributed by atoms with E-state index in [1.165, 1.54) is 6.07 Å². The summed E-state index contributed by atoms with van der Waals surface area (Å²) in [6, 6.07) is 6.22. The highest BCUT2D eigenvalue weighted by atomic mass is 19.1. The van der Waals surface area contributed by atoms with Crippen molar-refractivity contribution in [3.63, 3.8) is 0 Å². The fourth-order valence-corrected chi connectivity index (χ4v) is 3.18. The second-order valence-corrected chi connectivity index (χ2v) is 6.89. The van der Waals surface area contributed by atoms with Crippen LogP contribution >= 0.6 is 0 Å². The van der Waals surface area contributed by atoms with E-state index in [4.69, 9.17) is 9.26 Å². The zero-order valence-electron chi connectivity index (χ0n) is 15.0. The van der Waals surface area contributed by atoms with Crippen molar-refractivity contribution < 1.29 is 18.4 Å². The molecular formula is C19H19FN4O3. The van der Waals surface area contributed by atoms with Gasteiger partial charge in [-0.1, -0.05) is 11.2 Å². The summed E-state index contributed by atoms with van der Waals surface area (Å²) in [5.74, 6) is -0.339. The molecule has 0 aliphatic carbocycles. The second kappa shape index (κ2) is 6.62. The monoisotopic (exact) mass is 370 g/mol. The smallest absolute Gasteiger partial charge is 0.255 e. The van der Waals surface area contributed by atoms with Crippen LogP contribution in [0.25, 0.3) is 11.0 Å². The van der Waals surface area contributed by atoms with Crippen molar-refractivity contribution in [1.29, 1.82) is 0 Å². The van der Waals surface area contributed by atoms with Gasteiger partial charge in [0.25, 0.3) is 5.91 Å². The van der Waals surface area contributed by atoms with Crippen LogP contribution in [0, 0.1) is 5.82 Å². The molecule has 3 aromatic rings. The molecule has 0 fully saturated rings. The van der Waals surface area contributed by atoms with E-state index >= 15 is 0 Å². The normalized spacial score (nSPS) is 14.3. The molecule has 0 saturated heterocycles. The highest BCUT2D eigenvalue weighted by Crippen LogP contribution is 2.30. The Kier molecular flexibility index (Phi) is 4.27. The zero-order chi connectivity index (χ0) is 19.0. The second-order valence-electron chi connectivity index (χ2n) is 6.89. The number of benzene rings is 1. The topological polar surface area (TPSA) is 89.3 Å². The molecule has 1 amide bonds. The van der Waals surface area contributed by atoms with Gasteiger partial charge >= 0.3 is 0 Å².